The molecule has 4 nitrogen and oxygen atoms in total. The van der Waals surface area contributed by atoms with Crippen LogP contribution in [0, 0.1) is 5.92 Å². The van der Waals surface area contributed by atoms with E-state index in [1.54, 1.807) is 0 Å². The molecule has 0 aromatic heterocycles. The molecule has 0 radical (unpaired) electrons. The Bertz CT molecular complexity index is 97.8. The van der Waals surface area contributed by atoms with Gasteiger partial charge >= 0.3 is 11.4 Å². The second-order valence-electron chi connectivity index (χ2n) is 1.84. The van der Waals surface area contributed by atoms with Crippen LogP contribution in [0.25, 0.3) is 0 Å². The molecule has 9 heavy (non-hydrogen) atoms. The van der Waals surface area contributed by atoms with Crippen molar-refractivity contribution in [2.45, 2.75) is 6.92 Å². The van der Waals surface area contributed by atoms with E-state index in [1.807, 2.05) is 6.92 Å². The van der Waals surface area contributed by atoms with Gasteiger partial charge in [-0.25, -0.2) is 0 Å². The Kier molecular flexibility index (Phi) is 4.88. The molecule has 2 atom stereocenters. The zero-order valence-electron chi connectivity index (χ0n) is 5.24. The third-order valence-corrected chi connectivity index (χ3v) is 1.19. The first-order valence-electron chi connectivity index (χ1n) is 2.61. The van der Waals surface area contributed by atoms with E-state index in [0.717, 1.165) is 0 Å². The van der Waals surface area contributed by atoms with Gasteiger partial charge < -0.3 is 5.73 Å². The quantitative estimate of drug-likeness (QED) is 0.545. The van der Waals surface area contributed by atoms with Gasteiger partial charge in [-0.1, -0.05) is 6.92 Å². The number of hydrogen-bond acceptors (Lipinski definition) is 3. The molecule has 0 fully saturated rings. The Morgan fingerprint density at radius 3 is 2.78 bits per heavy atom. The molecule has 0 saturated heterocycles. The van der Waals surface area contributed by atoms with Crippen molar-refractivity contribution in [3.63, 3.8) is 0 Å². The predicted octanol–water partition coefficient (Wildman–Crippen LogP) is -0.265. The van der Waals surface area contributed by atoms with E-state index in [1.165, 1.54) is 0 Å². The van der Waals surface area contributed by atoms with Gasteiger partial charge in [0.2, 0.25) is 0 Å². The number of rotatable bonds is 4. The summed E-state index contributed by atoms with van der Waals surface area (Å²) in [6, 6.07) is 0. The van der Waals surface area contributed by atoms with Gasteiger partial charge in [0.25, 0.3) is 0 Å². The van der Waals surface area contributed by atoms with Crippen molar-refractivity contribution in [3.8, 4) is 0 Å². The minimum Gasteiger partial charge on any atom is -0.330 e. The topological polar surface area (TPSA) is 72.5 Å². The van der Waals surface area contributed by atoms with Crippen molar-refractivity contribution in [2.24, 2.45) is 11.7 Å². The van der Waals surface area contributed by atoms with Crippen LogP contribution in [0.15, 0.2) is 0 Å². The summed E-state index contributed by atoms with van der Waals surface area (Å²) < 4.78 is 22.3. The average molecular weight is 153 g/mol. The molecule has 0 aliphatic rings. The highest BCUT2D eigenvalue weighted by Gasteiger charge is 2.00. The lowest BCUT2D eigenvalue weighted by atomic mass is 10.2. The van der Waals surface area contributed by atoms with Crippen molar-refractivity contribution in [2.75, 3.05) is 13.2 Å². The first kappa shape index (κ1) is 9.03. The minimum atomic E-state index is -2.14. The average Bonchev–Trinajstić information content (AvgIpc) is 1.83. The van der Waals surface area contributed by atoms with Crippen LogP contribution in [-0.4, -0.2) is 21.9 Å². The van der Waals surface area contributed by atoms with E-state index in [9.17, 15) is 4.21 Å². The Hall–Kier alpha value is 0.0300. The van der Waals surface area contributed by atoms with Crippen LogP contribution in [0.1, 0.15) is 6.92 Å². The fraction of sp³-hybridized carbons (Fsp3) is 1.00. The maximum Gasteiger partial charge on any atom is 0.301 e. The molecule has 0 saturated carbocycles. The maximum absolute atomic E-state index is 9.87. The van der Waals surface area contributed by atoms with E-state index in [0.29, 0.717) is 6.54 Å². The molecule has 0 spiro atoms. The molecule has 0 aliphatic carbocycles. The van der Waals surface area contributed by atoms with E-state index in [-0.39, 0.29) is 12.5 Å². The zero-order chi connectivity index (χ0) is 7.28. The van der Waals surface area contributed by atoms with Gasteiger partial charge in [-0.3, -0.25) is 8.74 Å². The molecular weight excluding hydrogens is 142 g/mol. The summed E-state index contributed by atoms with van der Waals surface area (Å²) in [5, 5.41) is 0. The lowest BCUT2D eigenvalue weighted by molar-refractivity contribution is 0.261. The van der Waals surface area contributed by atoms with E-state index in [2.05, 4.69) is 4.18 Å². The Morgan fingerprint density at radius 1 is 1.89 bits per heavy atom. The van der Waals surface area contributed by atoms with Gasteiger partial charge in [-0.2, -0.15) is 4.21 Å². The fourth-order valence-corrected chi connectivity index (χ4v) is 0.591. The van der Waals surface area contributed by atoms with Crippen LogP contribution < -0.4 is 5.73 Å². The van der Waals surface area contributed by atoms with Gasteiger partial charge in [-0.05, 0) is 12.5 Å². The molecular formula is C4H11NO3S. The molecule has 0 heterocycles. The van der Waals surface area contributed by atoms with Crippen LogP contribution in [0.5, 0.6) is 0 Å². The summed E-state index contributed by atoms with van der Waals surface area (Å²) in [7, 11) is 0. The van der Waals surface area contributed by atoms with E-state index in [4.69, 9.17) is 10.3 Å². The molecule has 0 amide bonds. The third kappa shape index (κ3) is 5.91. The first-order chi connectivity index (χ1) is 4.16. The number of hydrogen-bond donors (Lipinski definition) is 2. The highest BCUT2D eigenvalue weighted by molar-refractivity contribution is 7.74. The summed E-state index contributed by atoms with van der Waals surface area (Å²) in [5.74, 6) is 0.140. The smallest absolute Gasteiger partial charge is 0.301 e. The second-order valence-corrected chi connectivity index (χ2v) is 2.51. The molecule has 5 heteroatoms. The zero-order valence-corrected chi connectivity index (χ0v) is 6.06. The van der Waals surface area contributed by atoms with Crippen LogP contribution >= 0.6 is 0 Å². The SMILES string of the molecule is CC(CN)COS(=O)O. The fourth-order valence-electron chi connectivity index (χ4n) is 0.242. The number of nitrogens with two attached hydrogens (primary N) is 1. The first-order valence-corrected chi connectivity index (χ1v) is 3.64. The molecule has 0 aromatic carbocycles. The molecule has 0 aromatic rings. The largest absolute Gasteiger partial charge is 0.330 e. The van der Waals surface area contributed by atoms with E-state index >= 15 is 0 Å². The normalized spacial score (nSPS) is 17.2. The van der Waals surface area contributed by atoms with E-state index < -0.39 is 11.4 Å². The summed E-state index contributed by atoms with van der Waals surface area (Å²) in [6.07, 6.45) is 0. The monoisotopic (exact) mass is 153 g/mol. The summed E-state index contributed by atoms with van der Waals surface area (Å²) in [5.41, 5.74) is 5.20. The molecule has 0 rings (SSSR count). The summed E-state index contributed by atoms with van der Waals surface area (Å²) in [4.78, 5) is 0. The van der Waals surface area contributed by atoms with Crippen LogP contribution in [-0.2, 0) is 15.5 Å². The maximum atomic E-state index is 9.87. The van der Waals surface area contributed by atoms with Crippen molar-refractivity contribution in [1.82, 2.24) is 0 Å². The molecule has 0 bridgehead atoms. The molecule has 56 valence electrons. The minimum absolute atomic E-state index is 0.140. The van der Waals surface area contributed by atoms with Gasteiger partial charge in [-0.15, -0.1) is 0 Å². The van der Waals surface area contributed by atoms with Crippen LogP contribution in [0.3, 0.4) is 0 Å². The Labute approximate surface area is 56.9 Å². The standard InChI is InChI=1S/C4H11NO3S/c1-4(2-5)3-8-9(6)7/h4H,2-3,5H2,1H3,(H,6,7). The molecule has 2 unspecified atom stereocenters. The van der Waals surface area contributed by atoms with Crippen molar-refractivity contribution >= 4 is 11.4 Å². The predicted molar refractivity (Wildman–Crippen MR) is 34.9 cm³/mol. The molecule has 0 aliphatic heterocycles. The molecule has 3 N–H and O–H groups in total. The lowest BCUT2D eigenvalue weighted by Crippen LogP contribution is -2.16. The van der Waals surface area contributed by atoms with Crippen molar-refractivity contribution < 1.29 is 12.9 Å². The van der Waals surface area contributed by atoms with Crippen molar-refractivity contribution in [3.05, 3.63) is 0 Å². The van der Waals surface area contributed by atoms with Gasteiger partial charge in [0.1, 0.15) is 0 Å². The van der Waals surface area contributed by atoms with Gasteiger partial charge in [0, 0.05) is 0 Å². The highest BCUT2D eigenvalue weighted by atomic mass is 32.2. The van der Waals surface area contributed by atoms with Gasteiger partial charge in [0.15, 0.2) is 0 Å². The van der Waals surface area contributed by atoms with Crippen molar-refractivity contribution in [1.29, 1.82) is 0 Å². The summed E-state index contributed by atoms with van der Waals surface area (Å²) >= 11 is -2.14. The highest BCUT2D eigenvalue weighted by Crippen LogP contribution is 1.92. The second kappa shape index (κ2) is 4.87. The Morgan fingerprint density at radius 2 is 2.44 bits per heavy atom. The third-order valence-electron chi connectivity index (χ3n) is 0.856. The van der Waals surface area contributed by atoms with Crippen LogP contribution in [0.2, 0.25) is 0 Å². The lowest BCUT2D eigenvalue weighted by Gasteiger charge is -2.04. The Balaban J connectivity index is 3.16. The van der Waals surface area contributed by atoms with Crippen LogP contribution in [0.4, 0.5) is 0 Å². The summed E-state index contributed by atoms with van der Waals surface area (Å²) in [6.45, 7) is 2.55. The van der Waals surface area contributed by atoms with Gasteiger partial charge in [0.05, 0.1) is 6.61 Å².